The lowest BCUT2D eigenvalue weighted by Gasteiger charge is -2.39. The third-order valence-corrected chi connectivity index (χ3v) is 3.27. The van der Waals surface area contributed by atoms with Gasteiger partial charge in [0, 0.05) is 32.8 Å². The number of aliphatic hydroxyl groups excluding tert-OH is 1. The smallest absolute Gasteiger partial charge is 0.319 e. The van der Waals surface area contributed by atoms with E-state index in [1.807, 2.05) is 9.80 Å². The van der Waals surface area contributed by atoms with E-state index in [9.17, 15) is 4.79 Å². The molecule has 2 saturated heterocycles. The molecule has 0 aromatic heterocycles. The quantitative estimate of drug-likeness (QED) is 0.667. The van der Waals surface area contributed by atoms with E-state index in [4.69, 9.17) is 5.11 Å². The molecule has 2 rings (SSSR count). The maximum Gasteiger partial charge on any atom is 0.319 e. The summed E-state index contributed by atoms with van der Waals surface area (Å²) >= 11 is 0. The van der Waals surface area contributed by atoms with Gasteiger partial charge in [-0.3, -0.25) is 0 Å². The molecule has 0 bridgehead atoms. The fraction of sp³-hybridized carbons (Fsp3) is 0.900. The highest BCUT2D eigenvalue weighted by Gasteiger charge is 2.28. The van der Waals surface area contributed by atoms with Crippen molar-refractivity contribution in [3.63, 3.8) is 0 Å². The molecule has 0 aliphatic carbocycles. The molecular formula is C10H18N2O2. The van der Waals surface area contributed by atoms with Gasteiger partial charge < -0.3 is 14.9 Å². The number of likely N-dealkylation sites (tertiary alicyclic amines) is 2. The van der Waals surface area contributed by atoms with E-state index in [1.165, 1.54) is 0 Å². The van der Waals surface area contributed by atoms with Gasteiger partial charge in [0.05, 0.1) is 0 Å². The molecule has 0 atom stereocenters. The van der Waals surface area contributed by atoms with E-state index in [0.717, 1.165) is 45.4 Å². The molecule has 0 unspecified atom stereocenters. The summed E-state index contributed by atoms with van der Waals surface area (Å²) in [6.45, 7) is 3.77. The van der Waals surface area contributed by atoms with Crippen molar-refractivity contribution < 1.29 is 9.90 Å². The van der Waals surface area contributed by atoms with Gasteiger partial charge in [-0.05, 0) is 25.2 Å². The van der Waals surface area contributed by atoms with Crippen LogP contribution in [0.2, 0.25) is 0 Å². The van der Waals surface area contributed by atoms with Crippen molar-refractivity contribution in [3.8, 4) is 0 Å². The molecule has 2 heterocycles. The highest BCUT2D eigenvalue weighted by molar-refractivity contribution is 5.75. The Hall–Kier alpha value is -0.770. The third kappa shape index (κ3) is 1.85. The minimum Gasteiger partial charge on any atom is -0.396 e. The van der Waals surface area contributed by atoms with Gasteiger partial charge in [-0.2, -0.15) is 0 Å². The first kappa shape index (κ1) is 9.77. The van der Waals surface area contributed by atoms with Crippen LogP contribution in [0.5, 0.6) is 0 Å². The van der Waals surface area contributed by atoms with E-state index >= 15 is 0 Å². The van der Waals surface area contributed by atoms with Gasteiger partial charge in [0.25, 0.3) is 0 Å². The van der Waals surface area contributed by atoms with E-state index in [-0.39, 0.29) is 12.6 Å². The summed E-state index contributed by atoms with van der Waals surface area (Å²) in [6.07, 6.45) is 3.06. The molecule has 0 aromatic carbocycles. The minimum absolute atomic E-state index is 0.202. The standard InChI is InChI=1S/C10H18N2O2/c13-8-9-2-6-12(7-3-9)10(14)11-4-1-5-11/h9,13H,1-8H2. The SMILES string of the molecule is O=C(N1CCC1)N1CCC(CO)CC1. The summed E-state index contributed by atoms with van der Waals surface area (Å²) in [4.78, 5) is 15.6. The first-order valence-electron chi connectivity index (χ1n) is 5.46. The number of hydrogen-bond donors (Lipinski definition) is 1. The Morgan fingerprint density at radius 2 is 1.71 bits per heavy atom. The zero-order chi connectivity index (χ0) is 9.97. The molecule has 0 radical (unpaired) electrons. The van der Waals surface area contributed by atoms with Crippen LogP contribution in [0, 0.1) is 5.92 Å². The summed E-state index contributed by atoms with van der Waals surface area (Å²) in [7, 11) is 0. The Bertz CT molecular complexity index is 208. The Kier molecular flexibility index (Phi) is 2.91. The number of piperidine rings is 1. The Morgan fingerprint density at radius 3 is 2.14 bits per heavy atom. The first-order valence-corrected chi connectivity index (χ1v) is 5.46. The zero-order valence-electron chi connectivity index (χ0n) is 8.48. The Labute approximate surface area is 84.5 Å². The molecule has 1 N–H and O–H groups in total. The highest BCUT2D eigenvalue weighted by atomic mass is 16.3. The van der Waals surface area contributed by atoms with Gasteiger partial charge in [0.15, 0.2) is 0 Å². The van der Waals surface area contributed by atoms with Gasteiger partial charge in [-0.15, -0.1) is 0 Å². The predicted octanol–water partition coefficient (Wildman–Crippen LogP) is 0.516. The molecule has 2 aliphatic heterocycles. The maximum absolute atomic E-state index is 11.8. The van der Waals surface area contributed by atoms with Crippen molar-refractivity contribution in [1.29, 1.82) is 0 Å². The number of hydrogen-bond acceptors (Lipinski definition) is 2. The van der Waals surface area contributed by atoms with Crippen LogP contribution in [0.1, 0.15) is 19.3 Å². The summed E-state index contributed by atoms with van der Waals surface area (Å²) in [5.74, 6) is 0.412. The van der Waals surface area contributed by atoms with Gasteiger partial charge >= 0.3 is 6.03 Å². The van der Waals surface area contributed by atoms with Crippen LogP contribution in [0.15, 0.2) is 0 Å². The van der Waals surface area contributed by atoms with E-state index < -0.39 is 0 Å². The molecule has 14 heavy (non-hydrogen) atoms. The van der Waals surface area contributed by atoms with Crippen LogP contribution >= 0.6 is 0 Å². The maximum atomic E-state index is 11.8. The molecule has 4 heteroatoms. The first-order chi connectivity index (χ1) is 6.81. The van der Waals surface area contributed by atoms with Crippen LogP contribution < -0.4 is 0 Å². The molecule has 2 aliphatic rings. The Balaban J connectivity index is 1.79. The van der Waals surface area contributed by atoms with Crippen molar-refractivity contribution in [2.75, 3.05) is 32.8 Å². The van der Waals surface area contributed by atoms with Crippen molar-refractivity contribution in [1.82, 2.24) is 9.80 Å². The average molecular weight is 198 g/mol. The molecule has 0 saturated carbocycles. The number of nitrogens with zero attached hydrogens (tertiary/aromatic N) is 2. The predicted molar refractivity (Wildman–Crippen MR) is 53.0 cm³/mol. The van der Waals surface area contributed by atoms with E-state index in [2.05, 4.69) is 0 Å². The second kappa shape index (κ2) is 4.17. The summed E-state index contributed by atoms with van der Waals surface area (Å²) < 4.78 is 0. The lowest BCUT2D eigenvalue weighted by atomic mass is 9.98. The number of amides is 2. The number of aliphatic hydroxyl groups is 1. The van der Waals surface area contributed by atoms with Crippen molar-refractivity contribution in [2.45, 2.75) is 19.3 Å². The van der Waals surface area contributed by atoms with Crippen LogP contribution in [0.3, 0.4) is 0 Å². The van der Waals surface area contributed by atoms with Crippen LogP contribution in [0.25, 0.3) is 0 Å². The van der Waals surface area contributed by atoms with Gasteiger partial charge in [0.2, 0.25) is 0 Å². The third-order valence-electron chi connectivity index (χ3n) is 3.27. The van der Waals surface area contributed by atoms with Crippen molar-refractivity contribution in [3.05, 3.63) is 0 Å². The summed E-state index contributed by atoms with van der Waals surface area (Å²) in [5.41, 5.74) is 0. The van der Waals surface area contributed by atoms with Crippen LogP contribution in [-0.4, -0.2) is 53.7 Å². The fourth-order valence-electron chi connectivity index (χ4n) is 2.01. The molecule has 0 aromatic rings. The monoisotopic (exact) mass is 198 g/mol. The fourth-order valence-corrected chi connectivity index (χ4v) is 2.01. The van der Waals surface area contributed by atoms with Crippen molar-refractivity contribution in [2.24, 2.45) is 5.92 Å². The van der Waals surface area contributed by atoms with Gasteiger partial charge in [-0.25, -0.2) is 4.79 Å². The van der Waals surface area contributed by atoms with Gasteiger partial charge in [0.1, 0.15) is 0 Å². The average Bonchev–Trinajstić information content (AvgIpc) is 2.15. The topological polar surface area (TPSA) is 43.8 Å². The second-order valence-electron chi connectivity index (χ2n) is 4.24. The number of urea groups is 1. The molecule has 0 spiro atoms. The van der Waals surface area contributed by atoms with E-state index in [0.29, 0.717) is 5.92 Å². The highest BCUT2D eigenvalue weighted by Crippen LogP contribution is 2.19. The summed E-state index contributed by atoms with van der Waals surface area (Å²) in [6, 6.07) is 0.202. The number of carbonyl (C=O) groups excluding carboxylic acids is 1. The second-order valence-corrected chi connectivity index (χ2v) is 4.24. The molecule has 2 amide bonds. The largest absolute Gasteiger partial charge is 0.396 e. The number of rotatable bonds is 1. The molecule has 4 nitrogen and oxygen atoms in total. The lowest BCUT2D eigenvalue weighted by molar-refractivity contribution is 0.0981. The lowest BCUT2D eigenvalue weighted by Crippen LogP contribution is -2.51. The minimum atomic E-state index is 0.202. The zero-order valence-corrected chi connectivity index (χ0v) is 8.48. The van der Waals surface area contributed by atoms with Crippen LogP contribution in [-0.2, 0) is 0 Å². The van der Waals surface area contributed by atoms with Crippen LogP contribution in [0.4, 0.5) is 4.79 Å². The van der Waals surface area contributed by atoms with Gasteiger partial charge in [-0.1, -0.05) is 0 Å². The molecule has 80 valence electrons. The normalized spacial score (nSPS) is 23.5. The molecule has 2 fully saturated rings. The number of carbonyl (C=O) groups is 1. The van der Waals surface area contributed by atoms with Crippen molar-refractivity contribution >= 4 is 6.03 Å². The summed E-state index contributed by atoms with van der Waals surface area (Å²) in [5, 5.41) is 8.97. The Morgan fingerprint density at radius 1 is 1.14 bits per heavy atom. The van der Waals surface area contributed by atoms with E-state index in [1.54, 1.807) is 0 Å². The molecular weight excluding hydrogens is 180 g/mol.